The number of anilines is 4. The van der Waals surface area contributed by atoms with E-state index >= 15 is 4.57 Å². The molecule has 0 unspecified atom stereocenters. The van der Waals surface area contributed by atoms with Crippen molar-refractivity contribution in [3.8, 4) is 55.6 Å². The number of fused-ring (bicyclic) bond motifs is 1. The molecule has 276 valence electrons. The van der Waals surface area contributed by atoms with Crippen LogP contribution in [0.5, 0.6) is 0 Å². The van der Waals surface area contributed by atoms with E-state index in [-0.39, 0.29) is 0 Å². The quantitative estimate of drug-likeness (QED) is 0.144. The predicted molar refractivity (Wildman–Crippen MR) is 244 cm³/mol. The maximum Gasteiger partial charge on any atom is 0.301 e. The molecular weight excluding hydrogens is 724 g/mol. The molecule has 3 nitrogen and oxygen atoms in total. The average molecular weight is 763 g/mol. The average Bonchev–Trinajstić information content (AvgIpc) is 3.59. The van der Waals surface area contributed by atoms with Gasteiger partial charge in [0.25, 0.3) is 0 Å². The first kappa shape index (κ1) is 35.2. The molecule has 0 saturated heterocycles. The summed E-state index contributed by atoms with van der Waals surface area (Å²) in [5.41, 5.74) is 14.1. The van der Waals surface area contributed by atoms with E-state index in [4.69, 9.17) is 0 Å². The van der Waals surface area contributed by atoms with Gasteiger partial charge in [0, 0.05) is 0 Å². The van der Waals surface area contributed by atoms with E-state index in [1.165, 1.54) is 0 Å². The van der Waals surface area contributed by atoms with Gasteiger partial charge in [-0.15, -0.1) is 0 Å². The van der Waals surface area contributed by atoms with E-state index < -0.39 is 7.44 Å². The van der Waals surface area contributed by atoms with Gasteiger partial charge in [-0.1, -0.05) is 176 Å². The van der Waals surface area contributed by atoms with Gasteiger partial charge in [-0.05, 0) is 116 Å². The van der Waals surface area contributed by atoms with Crippen molar-refractivity contribution in [3.63, 3.8) is 0 Å². The lowest BCUT2D eigenvalue weighted by molar-refractivity contribution is 0.582. The summed E-state index contributed by atoms with van der Waals surface area (Å²) in [6.07, 6.45) is 0. The Morgan fingerprint density at radius 2 is 0.552 bits per heavy atom. The minimum absolute atomic E-state index is 0.739. The van der Waals surface area contributed by atoms with Gasteiger partial charge in [0.05, 0.1) is 28.1 Å². The highest BCUT2D eigenvalue weighted by Crippen LogP contribution is 2.70. The highest BCUT2D eigenvalue weighted by atomic mass is 31.2. The molecule has 0 atom stereocenters. The van der Waals surface area contributed by atoms with Crippen molar-refractivity contribution in [1.82, 2.24) is 0 Å². The second kappa shape index (κ2) is 15.0. The summed E-state index contributed by atoms with van der Waals surface area (Å²) >= 11 is 0. The third-order valence-electron chi connectivity index (χ3n) is 10.9. The van der Waals surface area contributed by atoms with Crippen molar-refractivity contribution >= 4 is 35.5 Å². The fourth-order valence-electron chi connectivity index (χ4n) is 8.18. The Hall–Kier alpha value is -7.19. The molecule has 0 bridgehead atoms. The molecule has 0 spiro atoms. The molecular formula is C54H39N2OP. The van der Waals surface area contributed by atoms with Gasteiger partial charge in [0.1, 0.15) is 0 Å². The standard InChI is InChI=1S/C54H39N2OP/c57-58(52-30-18-29-45(39-52)40-19-6-1-7-20-40)55(50-35-46(41-21-8-2-9-22-41)33-47(36-50)42-23-10-3-11-24-42)53-31-16-17-32-54(53)56(58)51-37-48(43-25-12-4-13-26-43)34-49(38-51)44-27-14-5-15-28-44/h1-39H. The molecule has 0 fully saturated rings. The van der Waals surface area contributed by atoms with Gasteiger partial charge in [0.2, 0.25) is 0 Å². The first-order valence-corrected chi connectivity index (χ1v) is 21.2. The number of benzene rings is 9. The summed E-state index contributed by atoms with van der Waals surface area (Å²) in [4.78, 5) is 0. The molecule has 1 aliphatic rings. The van der Waals surface area contributed by atoms with E-state index in [0.717, 1.165) is 83.7 Å². The Kier molecular flexibility index (Phi) is 9.14. The zero-order chi connectivity index (χ0) is 38.9. The van der Waals surface area contributed by atoms with Gasteiger partial charge in [-0.3, -0.25) is 13.9 Å². The SMILES string of the molecule is O=P1(c2cccc(-c3ccccc3)c2)N(c2cc(-c3ccccc3)cc(-c3ccccc3)c2)c2ccccc2N1c1cc(-c2ccccc2)cc(-c2ccccc2)c1. The van der Waals surface area contributed by atoms with Crippen LogP contribution >= 0.6 is 7.44 Å². The molecule has 0 radical (unpaired) electrons. The van der Waals surface area contributed by atoms with Crippen LogP contribution in [0, 0.1) is 0 Å². The van der Waals surface area contributed by atoms with E-state index in [2.05, 4.69) is 203 Å². The fourth-order valence-corrected chi connectivity index (χ4v) is 11.2. The summed E-state index contributed by atoms with van der Waals surface area (Å²) in [5, 5.41) is 0.739. The summed E-state index contributed by atoms with van der Waals surface area (Å²) in [6.45, 7) is 0. The van der Waals surface area contributed by atoms with Crippen LogP contribution in [-0.4, -0.2) is 0 Å². The number of para-hydroxylation sites is 2. The number of hydrogen-bond acceptors (Lipinski definition) is 1. The van der Waals surface area contributed by atoms with Crippen LogP contribution in [0.1, 0.15) is 0 Å². The molecule has 9 aromatic rings. The monoisotopic (exact) mass is 762 g/mol. The van der Waals surface area contributed by atoms with Crippen molar-refractivity contribution in [2.24, 2.45) is 0 Å². The number of hydrogen-bond donors (Lipinski definition) is 0. The maximum absolute atomic E-state index is 17.4. The molecule has 1 aliphatic heterocycles. The molecule has 0 amide bonds. The molecule has 0 saturated carbocycles. The minimum atomic E-state index is -3.79. The van der Waals surface area contributed by atoms with Crippen LogP contribution in [0.3, 0.4) is 0 Å². The lowest BCUT2D eigenvalue weighted by Gasteiger charge is -2.34. The smallest absolute Gasteiger partial charge is 0.270 e. The van der Waals surface area contributed by atoms with Gasteiger partial charge in [-0.2, -0.15) is 0 Å². The van der Waals surface area contributed by atoms with Crippen molar-refractivity contribution in [1.29, 1.82) is 0 Å². The summed E-state index contributed by atoms with van der Waals surface area (Å²) < 4.78 is 21.6. The molecule has 0 aliphatic carbocycles. The predicted octanol–water partition coefficient (Wildman–Crippen LogP) is 14.8. The lowest BCUT2D eigenvalue weighted by Crippen LogP contribution is -2.26. The third-order valence-corrected chi connectivity index (χ3v) is 13.9. The topological polar surface area (TPSA) is 23.6 Å². The molecule has 4 heteroatoms. The number of rotatable bonds is 8. The minimum Gasteiger partial charge on any atom is -0.270 e. The van der Waals surface area contributed by atoms with E-state index in [1.807, 2.05) is 42.5 Å². The zero-order valence-electron chi connectivity index (χ0n) is 31.8. The molecule has 58 heavy (non-hydrogen) atoms. The largest absolute Gasteiger partial charge is 0.301 e. The summed E-state index contributed by atoms with van der Waals surface area (Å²) in [7, 11) is -3.79. The Labute approximate surface area is 340 Å². The van der Waals surface area contributed by atoms with Crippen molar-refractivity contribution in [2.45, 2.75) is 0 Å². The second-order valence-electron chi connectivity index (χ2n) is 14.6. The van der Waals surface area contributed by atoms with E-state index in [0.29, 0.717) is 0 Å². The van der Waals surface area contributed by atoms with E-state index in [9.17, 15) is 0 Å². The van der Waals surface area contributed by atoms with Gasteiger partial charge >= 0.3 is 7.44 Å². The summed E-state index contributed by atoms with van der Waals surface area (Å²) in [5.74, 6) is 0. The molecule has 9 aromatic carbocycles. The Morgan fingerprint density at radius 1 is 0.259 bits per heavy atom. The van der Waals surface area contributed by atoms with Crippen LogP contribution < -0.4 is 14.6 Å². The van der Waals surface area contributed by atoms with E-state index in [1.54, 1.807) is 0 Å². The van der Waals surface area contributed by atoms with Gasteiger partial charge < -0.3 is 0 Å². The normalized spacial score (nSPS) is 13.0. The van der Waals surface area contributed by atoms with Crippen molar-refractivity contribution in [2.75, 3.05) is 9.34 Å². The Bertz CT molecular complexity index is 2640. The molecule has 0 N–H and O–H groups in total. The van der Waals surface area contributed by atoms with Crippen LogP contribution in [-0.2, 0) is 4.57 Å². The van der Waals surface area contributed by atoms with Gasteiger partial charge in [-0.25, -0.2) is 0 Å². The maximum atomic E-state index is 17.4. The van der Waals surface area contributed by atoms with Crippen molar-refractivity contribution in [3.05, 3.63) is 237 Å². The third kappa shape index (κ3) is 6.42. The highest BCUT2D eigenvalue weighted by molar-refractivity contribution is 7.76. The Balaban J connectivity index is 1.27. The lowest BCUT2D eigenvalue weighted by atomic mass is 9.97. The zero-order valence-corrected chi connectivity index (χ0v) is 32.7. The van der Waals surface area contributed by atoms with Crippen molar-refractivity contribution < 1.29 is 4.57 Å². The first-order valence-electron chi connectivity index (χ1n) is 19.6. The summed E-state index contributed by atoms with van der Waals surface area (Å²) in [6, 6.07) is 82.1. The van der Waals surface area contributed by atoms with Crippen LogP contribution in [0.25, 0.3) is 55.6 Å². The highest BCUT2D eigenvalue weighted by Gasteiger charge is 2.49. The molecule has 1 heterocycles. The Morgan fingerprint density at radius 3 is 0.897 bits per heavy atom. The van der Waals surface area contributed by atoms with Crippen LogP contribution in [0.2, 0.25) is 0 Å². The number of nitrogens with zero attached hydrogens (tertiary/aromatic N) is 2. The van der Waals surface area contributed by atoms with Crippen LogP contribution in [0.4, 0.5) is 22.7 Å². The second-order valence-corrected chi connectivity index (χ2v) is 17.0. The first-order chi connectivity index (χ1) is 28.6. The van der Waals surface area contributed by atoms with Gasteiger partial charge in [0.15, 0.2) is 0 Å². The fraction of sp³-hybridized carbons (Fsp3) is 0. The van der Waals surface area contributed by atoms with Crippen LogP contribution in [0.15, 0.2) is 237 Å². The molecule has 10 rings (SSSR count). The molecule has 0 aromatic heterocycles.